The number of hydrogen-bond donors (Lipinski definition) is 0. The third-order valence-corrected chi connectivity index (χ3v) is 5.99. The lowest BCUT2D eigenvalue weighted by Crippen LogP contribution is -2.54. The van der Waals surface area contributed by atoms with Crippen LogP contribution in [-0.2, 0) is 14.8 Å². The summed E-state index contributed by atoms with van der Waals surface area (Å²) in [7, 11) is -3.35. The first-order valence-corrected chi connectivity index (χ1v) is 9.97. The largest absolute Gasteiger partial charge is 0.368 e. The molecule has 0 aliphatic carbocycles. The molecule has 2 aliphatic heterocycles. The first-order valence-electron chi connectivity index (χ1n) is 8.12. The van der Waals surface area contributed by atoms with E-state index in [9.17, 15) is 17.6 Å². The number of carbonyl (C=O) groups is 1. The number of halogens is 1. The smallest absolute Gasteiger partial charge is 0.241 e. The van der Waals surface area contributed by atoms with Gasteiger partial charge in [0.2, 0.25) is 15.9 Å². The standard InChI is InChI=1S/C16H22FN3O3S/c1-24(22,23)20-8-2-3-15(20)16(21)19-11-9-18(10-12-19)14-6-4-13(17)5-7-14/h4-7,15H,2-3,8-12H2,1H3. The molecule has 6 nitrogen and oxygen atoms in total. The van der Waals surface area contributed by atoms with Crippen LogP contribution in [0.25, 0.3) is 0 Å². The Morgan fingerprint density at radius 1 is 1.08 bits per heavy atom. The maximum Gasteiger partial charge on any atom is 0.241 e. The van der Waals surface area contributed by atoms with E-state index in [0.717, 1.165) is 18.4 Å². The molecule has 1 amide bonds. The van der Waals surface area contributed by atoms with Gasteiger partial charge in [0, 0.05) is 38.4 Å². The van der Waals surface area contributed by atoms with Crippen molar-refractivity contribution in [1.29, 1.82) is 0 Å². The van der Waals surface area contributed by atoms with Gasteiger partial charge in [-0.3, -0.25) is 4.79 Å². The molecule has 2 saturated heterocycles. The predicted molar refractivity (Wildman–Crippen MR) is 89.8 cm³/mol. The zero-order valence-corrected chi connectivity index (χ0v) is 14.5. The monoisotopic (exact) mass is 355 g/mol. The molecule has 0 aromatic heterocycles. The molecule has 2 heterocycles. The Kier molecular flexibility index (Phi) is 4.78. The second-order valence-corrected chi connectivity index (χ2v) is 8.26. The second-order valence-electron chi connectivity index (χ2n) is 6.32. The molecule has 2 fully saturated rings. The van der Waals surface area contributed by atoms with Crippen molar-refractivity contribution in [3.8, 4) is 0 Å². The lowest BCUT2D eigenvalue weighted by molar-refractivity contribution is -0.134. The van der Waals surface area contributed by atoms with Crippen molar-refractivity contribution in [2.45, 2.75) is 18.9 Å². The van der Waals surface area contributed by atoms with Gasteiger partial charge in [-0.05, 0) is 37.1 Å². The van der Waals surface area contributed by atoms with Crippen LogP contribution < -0.4 is 4.90 Å². The van der Waals surface area contributed by atoms with Gasteiger partial charge in [0.1, 0.15) is 11.9 Å². The third-order valence-electron chi connectivity index (χ3n) is 4.70. The van der Waals surface area contributed by atoms with Crippen LogP contribution in [-0.4, -0.2) is 68.6 Å². The number of rotatable bonds is 3. The minimum absolute atomic E-state index is 0.100. The molecule has 0 saturated carbocycles. The average molecular weight is 355 g/mol. The maximum absolute atomic E-state index is 13.0. The van der Waals surface area contributed by atoms with Crippen molar-refractivity contribution in [2.75, 3.05) is 43.9 Å². The van der Waals surface area contributed by atoms with E-state index in [0.29, 0.717) is 39.1 Å². The molecule has 0 N–H and O–H groups in total. The van der Waals surface area contributed by atoms with Crippen molar-refractivity contribution in [3.05, 3.63) is 30.1 Å². The fourth-order valence-electron chi connectivity index (χ4n) is 3.43. The van der Waals surface area contributed by atoms with Crippen LogP contribution in [0.5, 0.6) is 0 Å². The fourth-order valence-corrected chi connectivity index (χ4v) is 4.55. The normalized spacial score (nSPS) is 22.8. The summed E-state index contributed by atoms with van der Waals surface area (Å²) in [5.74, 6) is -0.369. The van der Waals surface area contributed by atoms with E-state index >= 15 is 0 Å². The molecule has 0 spiro atoms. The van der Waals surface area contributed by atoms with Crippen LogP contribution in [0.15, 0.2) is 24.3 Å². The summed E-state index contributed by atoms with van der Waals surface area (Å²) in [6.07, 6.45) is 2.47. The van der Waals surface area contributed by atoms with Gasteiger partial charge in [-0.1, -0.05) is 0 Å². The highest BCUT2D eigenvalue weighted by molar-refractivity contribution is 7.88. The van der Waals surface area contributed by atoms with Crippen LogP contribution in [0.2, 0.25) is 0 Å². The van der Waals surface area contributed by atoms with Gasteiger partial charge in [0.25, 0.3) is 0 Å². The zero-order valence-electron chi connectivity index (χ0n) is 13.7. The summed E-state index contributed by atoms with van der Waals surface area (Å²) in [5, 5.41) is 0. The predicted octanol–water partition coefficient (Wildman–Crippen LogP) is 0.898. The SMILES string of the molecule is CS(=O)(=O)N1CCCC1C(=O)N1CCN(c2ccc(F)cc2)CC1. The average Bonchev–Trinajstić information content (AvgIpc) is 3.05. The molecule has 0 bridgehead atoms. The fraction of sp³-hybridized carbons (Fsp3) is 0.562. The summed E-state index contributed by atoms with van der Waals surface area (Å²) in [5.41, 5.74) is 0.933. The lowest BCUT2D eigenvalue weighted by Gasteiger charge is -2.38. The van der Waals surface area contributed by atoms with Gasteiger partial charge < -0.3 is 9.80 Å². The molecule has 0 radical (unpaired) electrons. The molecule has 24 heavy (non-hydrogen) atoms. The van der Waals surface area contributed by atoms with Crippen LogP contribution in [0.1, 0.15) is 12.8 Å². The highest BCUT2D eigenvalue weighted by Gasteiger charge is 2.39. The molecule has 2 aliphatic rings. The van der Waals surface area contributed by atoms with Crippen molar-refractivity contribution in [3.63, 3.8) is 0 Å². The Hall–Kier alpha value is -1.67. The number of benzene rings is 1. The van der Waals surface area contributed by atoms with E-state index in [1.165, 1.54) is 16.4 Å². The summed E-state index contributed by atoms with van der Waals surface area (Å²) >= 11 is 0. The van der Waals surface area contributed by atoms with E-state index in [1.807, 2.05) is 0 Å². The summed E-state index contributed by atoms with van der Waals surface area (Å²) in [4.78, 5) is 16.5. The molecule has 1 aromatic rings. The number of piperazine rings is 1. The molecule has 1 aromatic carbocycles. The first kappa shape index (κ1) is 17.2. The van der Waals surface area contributed by atoms with Crippen LogP contribution in [0.3, 0.4) is 0 Å². The number of anilines is 1. The number of nitrogens with zero attached hydrogens (tertiary/aromatic N) is 3. The van der Waals surface area contributed by atoms with Gasteiger partial charge in [-0.25, -0.2) is 12.8 Å². The van der Waals surface area contributed by atoms with Gasteiger partial charge in [-0.2, -0.15) is 4.31 Å². The first-order chi connectivity index (χ1) is 11.4. The molecule has 1 atom stereocenters. The van der Waals surface area contributed by atoms with Crippen molar-refractivity contribution < 1.29 is 17.6 Å². The number of sulfonamides is 1. The van der Waals surface area contributed by atoms with Crippen LogP contribution >= 0.6 is 0 Å². The molecular formula is C16H22FN3O3S. The lowest BCUT2D eigenvalue weighted by atomic mass is 10.1. The van der Waals surface area contributed by atoms with Gasteiger partial charge in [0.05, 0.1) is 6.26 Å². The minimum atomic E-state index is -3.35. The number of hydrogen-bond acceptors (Lipinski definition) is 4. The molecule has 132 valence electrons. The number of carbonyl (C=O) groups excluding carboxylic acids is 1. The van der Waals surface area contributed by atoms with E-state index in [1.54, 1.807) is 17.0 Å². The van der Waals surface area contributed by atoms with E-state index in [-0.39, 0.29) is 11.7 Å². The quantitative estimate of drug-likeness (QED) is 0.808. The Bertz CT molecular complexity index is 700. The summed E-state index contributed by atoms with van der Waals surface area (Å²) < 4.78 is 37.9. The van der Waals surface area contributed by atoms with Crippen molar-refractivity contribution in [1.82, 2.24) is 9.21 Å². The zero-order chi connectivity index (χ0) is 17.3. The Labute approximate surface area is 141 Å². The second kappa shape index (κ2) is 6.68. The molecular weight excluding hydrogens is 333 g/mol. The molecule has 3 rings (SSSR count). The third kappa shape index (κ3) is 3.54. The highest BCUT2D eigenvalue weighted by Crippen LogP contribution is 2.23. The van der Waals surface area contributed by atoms with Gasteiger partial charge in [0.15, 0.2) is 0 Å². The number of amides is 1. The Morgan fingerprint density at radius 3 is 2.29 bits per heavy atom. The summed E-state index contributed by atoms with van der Waals surface area (Å²) in [6, 6.07) is 5.76. The summed E-state index contributed by atoms with van der Waals surface area (Å²) in [6.45, 7) is 2.82. The Balaban J connectivity index is 1.62. The van der Waals surface area contributed by atoms with Crippen molar-refractivity contribution in [2.24, 2.45) is 0 Å². The van der Waals surface area contributed by atoms with E-state index in [4.69, 9.17) is 0 Å². The maximum atomic E-state index is 13.0. The van der Waals surface area contributed by atoms with Gasteiger partial charge >= 0.3 is 0 Å². The van der Waals surface area contributed by atoms with Gasteiger partial charge in [-0.15, -0.1) is 0 Å². The van der Waals surface area contributed by atoms with Crippen LogP contribution in [0.4, 0.5) is 10.1 Å². The molecule has 8 heteroatoms. The van der Waals surface area contributed by atoms with Crippen LogP contribution in [0, 0.1) is 5.82 Å². The van der Waals surface area contributed by atoms with E-state index in [2.05, 4.69) is 4.90 Å². The van der Waals surface area contributed by atoms with Crippen molar-refractivity contribution >= 4 is 21.6 Å². The van der Waals surface area contributed by atoms with E-state index < -0.39 is 16.1 Å². The topological polar surface area (TPSA) is 60.9 Å². The minimum Gasteiger partial charge on any atom is -0.368 e. The molecule has 1 unspecified atom stereocenters. The Morgan fingerprint density at radius 2 is 1.71 bits per heavy atom. The highest BCUT2D eigenvalue weighted by atomic mass is 32.2.